The summed E-state index contributed by atoms with van der Waals surface area (Å²) in [6.07, 6.45) is 4.25. The van der Waals surface area contributed by atoms with Gasteiger partial charge in [-0.25, -0.2) is 0 Å². The molecule has 0 aliphatic carbocycles. The lowest BCUT2D eigenvalue weighted by Gasteiger charge is -2.27. The Kier molecular flexibility index (Phi) is 4.19. The molecule has 1 aromatic carbocycles. The maximum Gasteiger partial charge on any atom is 0.0884 e. The minimum absolute atomic E-state index is 0.475. The van der Waals surface area contributed by atoms with Crippen molar-refractivity contribution in [2.24, 2.45) is 0 Å². The highest BCUT2D eigenvalue weighted by Gasteiger charge is 2.28. The van der Waals surface area contributed by atoms with Crippen molar-refractivity contribution in [3.8, 4) is 0 Å². The van der Waals surface area contributed by atoms with Gasteiger partial charge in [0.05, 0.1) is 6.17 Å². The molecule has 94 valence electrons. The third-order valence-electron chi connectivity index (χ3n) is 3.77. The van der Waals surface area contributed by atoms with Crippen LogP contribution in [0.3, 0.4) is 0 Å². The number of hydrogen-bond acceptors (Lipinski definition) is 2. The molecular formula is C15H24N2. The fourth-order valence-electron chi connectivity index (χ4n) is 2.75. The Hall–Kier alpha value is -0.860. The van der Waals surface area contributed by atoms with Crippen molar-refractivity contribution in [1.82, 2.24) is 9.80 Å². The molecule has 17 heavy (non-hydrogen) atoms. The maximum atomic E-state index is 2.45. The van der Waals surface area contributed by atoms with Crippen molar-refractivity contribution in [1.29, 1.82) is 0 Å². The lowest BCUT2D eigenvalue weighted by atomic mass is 9.99. The van der Waals surface area contributed by atoms with Gasteiger partial charge in [0, 0.05) is 13.1 Å². The van der Waals surface area contributed by atoms with Gasteiger partial charge in [0.15, 0.2) is 0 Å². The Morgan fingerprint density at radius 2 is 1.76 bits per heavy atom. The van der Waals surface area contributed by atoms with Gasteiger partial charge in [-0.1, -0.05) is 37.6 Å². The first-order valence-electron chi connectivity index (χ1n) is 6.72. The summed E-state index contributed by atoms with van der Waals surface area (Å²) in [5, 5.41) is 0. The Labute approximate surface area is 105 Å². The molecule has 1 heterocycles. The van der Waals surface area contributed by atoms with E-state index in [1.165, 1.54) is 43.5 Å². The zero-order valence-electron chi connectivity index (χ0n) is 11.3. The summed E-state index contributed by atoms with van der Waals surface area (Å²) in [6, 6.07) is 8.94. The van der Waals surface area contributed by atoms with Crippen LogP contribution in [0.25, 0.3) is 0 Å². The second-order valence-corrected chi connectivity index (χ2v) is 5.14. The third kappa shape index (κ3) is 2.70. The van der Waals surface area contributed by atoms with Crippen LogP contribution in [0.2, 0.25) is 0 Å². The number of hydrogen-bond donors (Lipinski definition) is 0. The van der Waals surface area contributed by atoms with Crippen LogP contribution in [0.1, 0.15) is 37.1 Å². The molecular weight excluding hydrogens is 208 g/mol. The van der Waals surface area contributed by atoms with Gasteiger partial charge in [-0.2, -0.15) is 0 Å². The van der Waals surface area contributed by atoms with E-state index in [1.54, 1.807) is 0 Å². The average Bonchev–Trinajstić information content (AvgIpc) is 2.67. The molecule has 0 unspecified atom stereocenters. The summed E-state index contributed by atoms with van der Waals surface area (Å²) in [5.74, 6) is 0. The number of rotatable bonds is 4. The van der Waals surface area contributed by atoms with E-state index >= 15 is 0 Å². The van der Waals surface area contributed by atoms with Crippen LogP contribution in [0, 0.1) is 0 Å². The van der Waals surface area contributed by atoms with Gasteiger partial charge in [-0.15, -0.1) is 0 Å². The number of unbranched alkanes of at least 4 members (excludes halogenated alkanes) is 1. The number of likely N-dealkylation sites (N-methyl/N-ethyl adjacent to an activating group) is 2. The summed E-state index contributed by atoms with van der Waals surface area (Å²) in [7, 11) is 4.45. The zero-order chi connectivity index (χ0) is 12.3. The van der Waals surface area contributed by atoms with Crippen molar-refractivity contribution < 1.29 is 0 Å². The first-order valence-corrected chi connectivity index (χ1v) is 6.72. The molecule has 0 amide bonds. The SMILES string of the molecule is CCCCc1ccccc1C1N(C)CCN1C. The lowest BCUT2D eigenvalue weighted by molar-refractivity contribution is 0.189. The molecule has 1 saturated heterocycles. The fraction of sp³-hybridized carbons (Fsp3) is 0.600. The molecule has 0 bridgehead atoms. The van der Waals surface area contributed by atoms with Gasteiger partial charge in [0.1, 0.15) is 0 Å². The van der Waals surface area contributed by atoms with E-state index in [2.05, 4.69) is 55.1 Å². The normalized spacial score (nSPS) is 19.0. The van der Waals surface area contributed by atoms with Gasteiger partial charge < -0.3 is 0 Å². The smallest absolute Gasteiger partial charge is 0.0884 e. The quantitative estimate of drug-likeness (QED) is 0.787. The maximum absolute atomic E-state index is 2.45. The van der Waals surface area contributed by atoms with Gasteiger partial charge in [0.25, 0.3) is 0 Å². The molecule has 0 spiro atoms. The van der Waals surface area contributed by atoms with Crippen LogP contribution in [-0.4, -0.2) is 37.0 Å². The van der Waals surface area contributed by atoms with E-state index < -0.39 is 0 Å². The molecule has 0 saturated carbocycles. The predicted molar refractivity (Wildman–Crippen MR) is 73.1 cm³/mol. The van der Waals surface area contributed by atoms with E-state index in [4.69, 9.17) is 0 Å². The average molecular weight is 232 g/mol. The predicted octanol–water partition coefficient (Wildman–Crippen LogP) is 2.91. The van der Waals surface area contributed by atoms with Gasteiger partial charge >= 0.3 is 0 Å². The largest absolute Gasteiger partial charge is 0.286 e. The van der Waals surface area contributed by atoms with Crippen molar-refractivity contribution in [3.05, 3.63) is 35.4 Å². The summed E-state index contributed by atoms with van der Waals surface area (Å²) in [5.41, 5.74) is 3.03. The monoisotopic (exact) mass is 232 g/mol. The van der Waals surface area contributed by atoms with E-state index in [-0.39, 0.29) is 0 Å². The van der Waals surface area contributed by atoms with Crippen molar-refractivity contribution in [3.63, 3.8) is 0 Å². The van der Waals surface area contributed by atoms with E-state index in [9.17, 15) is 0 Å². The first-order chi connectivity index (χ1) is 8.24. The summed E-state index contributed by atoms with van der Waals surface area (Å²) in [6.45, 7) is 4.60. The molecule has 1 fully saturated rings. The molecule has 2 rings (SSSR count). The Bertz CT molecular complexity index is 352. The number of benzene rings is 1. The summed E-state index contributed by atoms with van der Waals surface area (Å²) < 4.78 is 0. The topological polar surface area (TPSA) is 6.48 Å². The summed E-state index contributed by atoms with van der Waals surface area (Å²) in [4.78, 5) is 4.90. The van der Waals surface area contributed by atoms with Crippen LogP contribution in [0.15, 0.2) is 24.3 Å². The Morgan fingerprint density at radius 1 is 1.12 bits per heavy atom. The van der Waals surface area contributed by atoms with Crippen molar-refractivity contribution in [2.45, 2.75) is 32.4 Å². The van der Waals surface area contributed by atoms with E-state index in [1.807, 2.05) is 0 Å². The van der Waals surface area contributed by atoms with Gasteiger partial charge in [-0.05, 0) is 38.1 Å². The van der Waals surface area contributed by atoms with Gasteiger partial charge in [0.2, 0.25) is 0 Å². The highest BCUT2D eigenvalue weighted by atomic mass is 15.4. The van der Waals surface area contributed by atoms with Crippen LogP contribution in [-0.2, 0) is 6.42 Å². The molecule has 0 atom stereocenters. The highest BCUT2D eigenvalue weighted by Crippen LogP contribution is 2.30. The lowest BCUT2D eigenvalue weighted by Crippen LogP contribution is -2.26. The highest BCUT2D eigenvalue weighted by molar-refractivity contribution is 5.30. The second-order valence-electron chi connectivity index (χ2n) is 5.14. The van der Waals surface area contributed by atoms with Crippen LogP contribution in [0.4, 0.5) is 0 Å². The van der Waals surface area contributed by atoms with E-state index in [0.29, 0.717) is 6.17 Å². The Balaban J connectivity index is 2.24. The summed E-state index contributed by atoms with van der Waals surface area (Å²) >= 11 is 0. The standard InChI is InChI=1S/C15H24N2/c1-4-5-8-13-9-6-7-10-14(13)15-16(2)11-12-17(15)3/h6-7,9-10,15H,4-5,8,11-12H2,1-3H3. The number of nitrogens with zero attached hydrogens (tertiary/aromatic N) is 2. The van der Waals surface area contributed by atoms with Crippen molar-refractivity contribution >= 4 is 0 Å². The molecule has 2 heteroatoms. The Morgan fingerprint density at radius 3 is 2.41 bits per heavy atom. The molecule has 0 aromatic heterocycles. The van der Waals surface area contributed by atoms with Crippen molar-refractivity contribution in [2.75, 3.05) is 27.2 Å². The minimum Gasteiger partial charge on any atom is -0.286 e. The minimum atomic E-state index is 0.475. The van der Waals surface area contributed by atoms with Crippen LogP contribution >= 0.6 is 0 Å². The molecule has 0 N–H and O–H groups in total. The van der Waals surface area contributed by atoms with E-state index in [0.717, 1.165) is 0 Å². The molecule has 1 aromatic rings. The molecule has 1 aliphatic heterocycles. The van der Waals surface area contributed by atoms with Crippen LogP contribution < -0.4 is 0 Å². The van der Waals surface area contributed by atoms with Gasteiger partial charge in [-0.3, -0.25) is 9.80 Å². The molecule has 0 radical (unpaired) electrons. The first kappa shape index (κ1) is 12.6. The molecule has 2 nitrogen and oxygen atoms in total. The third-order valence-corrected chi connectivity index (χ3v) is 3.77. The second kappa shape index (κ2) is 5.65. The number of aryl methyl sites for hydroxylation is 1. The van der Waals surface area contributed by atoms with Crippen LogP contribution in [0.5, 0.6) is 0 Å². The zero-order valence-corrected chi connectivity index (χ0v) is 11.3. The fourth-order valence-corrected chi connectivity index (χ4v) is 2.75. The molecule has 1 aliphatic rings.